The van der Waals surface area contributed by atoms with Crippen LogP contribution in [0.3, 0.4) is 0 Å². The van der Waals surface area contributed by atoms with Gasteiger partial charge in [-0.2, -0.15) is 0 Å². The summed E-state index contributed by atoms with van der Waals surface area (Å²) in [6, 6.07) is 16.3. The Balaban J connectivity index is 1.33. The van der Waals surface area contributed by atoms with Gasteiger partial charge in [0.25, 0.3) is 0 Å². The number of benzene rings is 2. The number of likely N-dealkylation sites (tertiary alicyclic amines) is 1. The first kappa shape index (κ1) is 16.9. The summed E-state index contributed by atoms with van der Waals surface area (Å²) in [5.41, 5.74) is 3.11. The fraction of sp³-hybridized carbons (Fsp3) is 0.381. The summed E-state index contributed by atoms with van der Waals surface area (Å²) >= 11 is 0. The lowest BCUT2D eigenvalue weighted by Crippen LogP contribution is -2.38. The number of H-pyrrole nitrogens is 1. The Hall–Kier alpha value is -2.53. The van der Waals surface area contributed by atoms with Gasteiger partial charge in [0.1, 0.15) is 12.4 Å². The average Bonchev–Trinajstić information content (AvgIpc) is 3.00. The van der Waals surface area contributed by atoms with Crippen LogP contribution in [-0.2, 0) is 0 Å². The predicted octanol–water partition coefficient (Wildman–Crippen LogP) is 3.35. The molecule has 0 atom stereocenters. The van der Waals surface area contributed by atoms with Gasteiger partial charge in [-0.15, -0.1) is 0 Å². The number of aromatic amines is 1. The van der Waals surface area contributed by atoms with Crippen LogP contribution in [0.15, 0.2) is 53.3 Å². The Bertz CT molecular complexity index is 936. The number of imidazole rings is 1. The quantitative estimate of drug-likeness (QED) is 0.767. The van der Waals surface area contributed by atoms with E-state index in [9.17, 15) is 4.79 Å². The molecule has 1 aliphatic heterocycles. The predicted molar refractivity (Wildman–Crippen MR) is 104 cm³/mol. The summed E-state index contributed by atoms with van der Waals surface area (Å²) in [5, 5.41) is 0. The maximum atomic E-state index is 12.4. The number of piperidine rings is 1. The molecular weight excluding hydrogens is 326 g/mol. The summed E-state index contributed by atoms with van der Waals surface area (Å²) in [4.78, 5) is 17.7. The van der Waals surface area contributed by atoms with Crippen molar-refractivity contribution in [3.63, 3.8) is 0 Å². The van der Waals surface area contributed by atoms with Gasteiger partial charge in [-0.1, -0.05) is 30.3 Å². The molecule has 1 N–H and O–H groups in total. The van der Waals surface area contributed by atoms with E-state index < -0.39 is 0 Å². The van der Waals surface area contributed by atoms with Crippen LogP contribution in [-0.4, -0.2) is 40.7 Å². The zero-order valence-electron chi connectivity index (χ0n) is 15.1. The Kier molecular flexibility index (Phi) is 4.80. The molecule has 0 unspecified atom stereocenters. The van der Waals surface area contributed by atoms with E-state index in [4.69, 9.17) is 4.74 Å². The minimum Gasteiger partial charge on any atom is -0.492 e. The van der Waals surface area contributed by atoms with E-state index in [1.54, 1.807) is 0 Å². The molecule has 0 saturated carbocycles. The van der Waals surface area contributed by atoms with E-state index in [1.165, 1.54) is 5.56 Å². The largest absolute Gasteiger partial charge is 0.492 e. The second kappa shape index (κ2) is 7.38. The van der Waals surface area contributed by atoms with E-state index in [0.29, 0.717) is 6.61 Å². The van der Waals surface area contributed by atoms with Crippen LogP contribution in [0.25, 0.3) is 11.0 Å². The maximum Gasteiger partial charge on any atom is 0.326 e. The number of para-hydroxylation sites is 3. The fourth-order valence-electron chi connectivity index (χ4n) is 3.84. The van der Waals surface area contributed by atoms with Crippen molar-refractivity contribution in [2.45, 2.75) is 25.8 Å². The van der Waals surface area contributed by atoms with Crippen LogP contribution in [0, 0.1) is 6.92 Å². The van der Waals surface area contributed by atoms with Crippen molar-refractivity contribution in [3.8, 4) is 5.75 Å². The third-order valence-corrected chi connectivity index (χ3v) is 5.30. The van der Waals surface area contributed by atoms with Crippen LogP contribution in [0.4, 0.5) is 0 Å². The molecule has 1 fully saturated rings. The zero-order chi connectivity index (χ0) is 17.9. The smallest absolute Gasteiger partial charge is 0.326 e. The molecule has 5 heteroatoms. The molecule has 0 radical (unpaired) electrons. The average molecular weight is 351 g/mol. The van der Waals surface area contributed by atoms with Crippen molar-refractivity contribution in [2.24, 2.45) is 0 Å². The van der Waals surface area contributed by atoms with Gasteiger partial charge in [-0.05, 0) is 43.5 Å². The molecule has 2 aromatic carbocycles. The van der Waals surface area contributed by atoms with Crippen molar-refractivity contribution in [1.29, 1.82) is 0 Å². The third kappa shape index (κ3) is 3.40. The summed E-state index contributed by atoms with van der Waals surface area (Å²) in [7, 11) is 0. The minimum absolute atomic E-state index is 0.00698. The van der Waals surface area contributed by atoms with Gasteiger partial charge in [0.05, 0.1) is 11.0 Å². The number of ether oxygens (including phenoxy) is 1. The topological polar surface area (TPSA) is 50.3 Å². The molecule has 1 aliphatic rings. The van der Waals surface area contributed by atoms with Crippen LogP contribution in [0.1, 0.15) is 24.4 Å². The standard InChI is InChI=1S/C21H25N3O2/c1-16-6-2-5-9-20(16)26-15-14-23-12-10-17(11-13-23)24-19-8-4-3-7-18(19)22-21(24)25/h2-9,17H,10-15H2,1H3,(H,22,25). The lowest BCUT2D eigenvalue weighted by Gasteiger charge is -2.32. The lowest BCUT2D eigenvalue weighted by atomic mass is 10.0. The zero-order valence-corrected chi connectivity index (χ0v) is 15.1. The highest BCUT2D eigenvalue weighted by atomic mass is 16.5. The van der Waals surface area contributed by atoms with Crippen LogP contribution in [0.5, 0.6) is 5.75 Å². The van der Waals surface area contributed by atoms with E-state index in [1.807, 2.05) is 47.0 Å². The summed E-state index contributed by atoms with van der Waals surface area (Å²) in [6.07, 6.45) is 1.98. The molecule has 2 heterocycles. The highest BCUT2D eigenvalue weighted by molar-refractivity contribution is 5.75. The molecule has 0 amide bonds. The van der Waals surface area contributed by atoms with E-state index >= 15 is 0 Å². The molecule has 4 rings (SSSR count). The van der Waals surface area contributed by atoms with Gasteiger partial charge < -0.3 is 9.72 Å². The van der Waals surface area contributed by atoms with Crippen molar-refractivity contribution in [1.82, 2.24) is 14.5 Å². The summed E-state index contributed by atoms with van der Waals surface area (Å²) in [6.45, 7) is 5.67. The van der Waals surface area contributed by atoms with Crippen molar-refractivity contribution >= 4 is 11.0 Å². The Morgan fingerprint density at radius 2 is 1.81 bits per heavy atom. The van der Waals surface area contributed by atoms with Gasteiger partial charge in [0, 0.05) is 25.7 Å². The second-order valence-corrected chi connectivity index (χ2v) is 7.00. The van der Waals surface area contributed by atoms with Gasteiger partial charge in [-0.3, -0.25) is 9.47 Å². The number of hydrogen-bond donors (Lipinski definition) is 1. The van der Waals surface area contributed by atoms with Crippen molar-refractivity contribution in [2.75, 3.05) is 26.2 Å². The minimum atomic E-state index is 0.00698. The highest BCUT2D eigenvalue weighted by Gasteiger charge is 2.23. The number of rotatable bonds is 5. The van der Waals surface area contributed by atoms with E-state index in [-0.39, 0.29) is 11.7 Å². The van der Waals surface area contributed by atoms with Gasteiger partial charge in [-0.25, -0.2) is 4.79 Å². The van der Waals surface area contributed by atoms with Crippen molar-refractivity contribution in [3.05, 3.63) is 64.6 Å². The van der Waals surface area contributed by atoms with Crippen LogP contribution in [0.2, 0.25) is 0 Å². The number of nitrogens with one attached hydrogen (secondary N) is 1. The molecule has 3 aromatic rings. The summed E-state index contributed by atoms with van der Waals surface area (Å²) < 4.78 is 7.85. The Morgan fingerprint density at radius 3 is 2.62 bits per heavy atom. The molecule has 0 spiro atoms. The first-order valence-corrected chi connectivity index (χ1v) is 9.32. The number of aryl methyl sites for hydroxylation is 1. The van der Waals surface area contributed by atoms with Gasteiger partial charge in [0.15, 0.2) is 0 Å². The Labute approximate surface area is 153 Å². The first-order chi connectivity index (χ1) is 12.7. The van der Waals surface area contributed by atoms with Gasteiger partial charge >= 0.3 is 5.69 Å². The molecule has 26 heavy (non-hydrogen) atoms. The van der Waals surface area contributed by atoms with Crippen LogP contribution >= 0.6 is 0 Å². The fourth-order valence-corrected chi connectivity index (χ4v) is 3.84. The van der Waals surface area contributed by atoms with E-state index in [2.05, 4.69) is 22.9 Å². The molecule has 5 nitrogen and oxygen atoms in total. The molecule has 1 saturated heterocycles. The third-order valence-electron chi connectivity index (χ3n) is 5.30. The monoisotopic (exact) mass is 351 g/mol. The van der Waals surface area contributed by atoms with E-state index in [0.717, 1.165) is 49.3 Å². The molecule has 136 valence electrons. The number of hydrogen-bond acceptors (Lipinski definition) is 3. The molecule has 1 aromatic heterocycles. The molecule has 0 aliphatic carbocycles. The summed E-state index contributed by atoms with van der Waals surface area (Å²) in [5.74, 6) is 0.965. The number of fused-ring (bicyclic) bond motifs is 1. The normalized spacial score (nSPS) is 16.2. The second-order valence-electron chi connectivity index (χ2n) is 7.00. The number of nitrogens with zero attached hydrogens (tertiary/aromatic N) is 2. The van der Waals surface area contributed by atoms with Crippen LogP contribution < -0.4 is 10.4 Å². The van der Waals surface area contributed by atoms with Crippen molar-refractivity contribution < 1.29 is 4.74 Å². The molecule has 0 bridgehead atoms. The highest BCUT2D eigenvalue weighted by Crippen LogP contribution is 2.24. The lowest BCUT2D eigenvalue weighted by molar-refractivity contribution is 0.157. The first-order valence-electron chi connectivity index (χ1n) is 9.32. The molecular formula is C21H25N3O2. The van der Waals surface area contributed by atoms with Gasteiger partial charge in [0.2, 0.25) is 0 Å². The Morgan fingerprint density at radius 1 is 1.08 bits per heavy atom. The maximum absolute atomic E-state index is 12.4. The SMILES string of the molecule is Cc1ccccc1OCCN1CCC(n2c(=O)[nH]c3ccccc32)CC1. The number of aromatic nitrogens is 2.